The second-order valence-corrected chi connectivity index (χ2v) is 5.35. The van der Waals surface area contributed by atoms with Crippen molar-refractivity contribution in [2.24, 2.45) is 0 Å². The van der Waals surface area contributed by atoms with E-state index in [4.69, 9.17) is 39.9 Å². The maximum absolute atomic E-state index is 12.2. The van der Waals surface area contributed by atoms with Crippen LogP contribution >= 0.6 is 34.8 Å². The van der Waals surface area contributed by atoms with Crippen LogP contribution in [0.4, 0.5) is 0 Å². The van der Waals surface area contributed by atoms with Gasteiger partial charge in [0, 0.05) is 0 Å². The second-order valence-electron chi connectivity index (χ2n) is 4.13. The fourth-order valence-electron chi connectivity index (χ4n) is 1.79. The largest absolute Gasteiger partial charge is 1.00 e. The Morgan fingerprint density at radius 1 is 1.08 bits per heavy atom. The zero-order valence-electron chi connectivity index (χ0n) is 11.7. The minimum absolute atomic E-state index is 0. The zero-order valence-corrected chi connectivity index (χ0v) is 17.1. The van der Waals surface area contributed by atoms with Crippen molar-refractivity contribution in [2.75, 3.05) is 0 Å². The molecule has 0 atom stereocenters. The molecule has 1 heterocycles. The molecule has 2 rings (SSSR count). The fourth-order valence-corrected chi connectivity index (χ4v) is 2.42. The first-order valence-electron chi connectivity index (χ1n) is 5.64. The van der Waals surface area contributed by atoms with Crippen molar-refractivity contribution in [1.82, 2.24) is 9.55 Å². The molecular weight excluding hydrogens is 414 g/mol. The molecule has 120 valence electrons. The molecule has 0 aliphatic heterocycles. The van der Waals surface area contributed by atoms with Crippen LogP contribution in [-0.2, 0) is 0 Å². The van der Waals surface area contributed by atoms with Crippen LogP contribution in [-0.4, -0.2) is 26.6 Å². The van der Waals surface area contributed by atoms with E-state index < -0.39 is 34.4 Å². The number of hydrogen-bond donors (Lipinski definition) is 2. The van der Waals surface area contributed by atoms with Crippen LogP contribution in [0.3, 0.4) is 0 Å². The summed E-state index contributed by atoms with van der Waals surface area (Å²) < 4.78 is 0.334. The molecule has 0 amide bonds. The van der Waals surface area contributed by atoms with E-state index in [2.05, 4.69) is 0 Å². The van der Waals surface area contributed by atoms with Gasteiger partial charge in [0.2, 0.25) is 0 Å². The Labute approximate surface area is 190 Å². The Bertz CT molecular complexity index is 968. The van der Waals surface area contributed by atoms with Crippen molar-refractivity contribution >= 4 is 46.7 Å². The summed E-state index contributed by atoms with van der Waals surface area (Å²) in [5, 5.41) is 19.7. The van der Waals surface area contributed by atoms with Crippen molar-refractivity contribution in [3.05, 3.63) is 59.3 Å². The van der Waals surface area contributed by atoms with E-state index >= 15 is 0 Å². The molecule has 0 spiro atoms. The standard InChI is InChI=1S/C12H5Cl3N2O6.K/c13-3-1-5(15)6(2-4(3)14)17-9(18)7(10(19)20)8(11(21)22)16-12(17)23;/h1-2H,(H,16,23)(H,19,20)(H,21,22);/q;+1/p-1. The summed E-state index contributed by atoms with van der Waals surface area (Å²) in [4.78, 5) is 48.0. The van der Waals surface area contributed by atoms with Gasteiger partial charge in [0.25, 0.3) is 5.56 Å². The Balaban J connectivity index is 0.00000288. The third kappa shape index (κ3) is 3.94. The molecule has 0 saturated carbocycles. The Morgan fingerprint density at radius 2 is 1.62 bits per heavy atom. The van der Waals surface area contributed by atoms with Crippen LogP contribution in [0.1, 0.15) is 20.8 Å². The summed E-state index contributed by atoms with van der Waals surface area (Å²) in [5.74, 6) is -3.89. The van der Waals surface area contributed by atoms with Gasteiger partial charge in [0.1, 0.15) is 0 Å². The molecule has 0 bridgehead atoms. The number of nitrogens with zero attached hydrogens (tertiary/aromatic N) is 1. The number of nitrogens with one attached hydrogen (secondary N) is 1. The van der Waals surface area contributed by atoms with E-state index in [0.29, 0.717) is 4.57 Å². The number of carbonyl (C=O) groups excluding carboxylic acids is 1. The third-order valence-electron chi connectivity index (χ3n) is 2.75. The predicted molar refractivity (Wildman–Crippen MR) is 79.0 cm³/mol. The maximum Gasteiger partial charge on any atom is 1.00 e. The maximum atomic E-state index is 12.2. The van der Waals surface area contributed by atoms with Crippen molar-refractivity contribution in [2.45, 2.75) is 0 Å². The molecule has 8 nitrogen and oxygen atoms in total. The van der Waals surface area contributed by atoms with Gasteiger partial charge in [0.15, 0.2) is 5.56 Å². The van der Waals surface area contributed by atoms with Crippen molar-refractivity contribution in [3.8, 4) is 5.69 Å². The molecule has 1 aromatic carbocycles. The summed E-state index contributed by atoms with van der Waals surface area (Å²) in [5.41, 5.74) is -5.26. The van der Waals surface area contributed by atoms with E-state index in [1.807, 2.05) is 0 Å². The normalized spacial score (nSPS) is 10.1. The number of H-pyrrole nitrogens is 1. The van der Waals surface area contributed by atoms with Crippen LogP contribution in [0.15, 0.2) is 21.7 Å². The number of carboxylic acid groups (broad SMARTS) is 2. The molecule has 24 heavy (non-hydrogen) atoms. The SMILES string of the molecule is O=C([O-])c1[nH]c(=O)n(-c2cc(Cl)c(Cl)cc2Cl)c(=O)c1C(=O)O.[K+]. The van der Waals surface area contributed by atoms with Gasteiger partial charge < -0.3 is 20.0 Å². The molecule has 2 N–H and O–H groups in total. The number of aromatic carboxylic acids is 2. The minimum Gasteiger partial charge on any atom is -0.543 e. The third-order valence-corrected chi connectivity index (χ3v) is 3.78. The number of halogens is 3. The Kier molecular flexibility index (Phi) is 7.26. The van der Waals surface area contributed by atoms with Gasteiger partial charge in [-0.05, 0) is 12.1 Å². The Morgan fingerprint density at radius 3 is 2.12 bits per heavy atom. The minimum atomic E-state index is -2.02. The summed E-state index contributed by atoms with van der Waals surface area (Å²) in [6.07, 6.45) is 0. The fraction of sp³-hybridized carbons (Fsp3) is 0. The molecule has 1 aromatic heterocycles. The van der Waals surface area contributed by atoms with Crippen LogP contribution in [0.25, 0.3) is 5.69 Å². The van der Waals surface area contributed by atoms with Crippen LogP contribution in [0, 0.1) is 0 Å². The summed E-state index contributed by atoms with van der Waals surface area (Å²) in [6.45, 7) is 0. The summed E-state index contributed by atoms with van der Waals surface area (Å²) in [6, 6.07) is 2.20. The summed E-state index contributed by atoms with van der Waals surface area (Å²) >= 11 is 17.4. The van der Waals surface area contributed by atoms with Gasteiger partial charge in [-0.1, -0.05) is 34.8 Å². The number of carbonyl (C=O) groups is 2. The number of benzene rings is 1. The van der Waals surface area contributed by atoms with Gasteiger partial charge in [-0.25, -0.2) is 14.2 Å². The first kappa shape index (κ1) is 21.4. The van der Waals surface area contributed by atoms with E-state index in [1.165, 1.54) is 0 Å². The van der Waals surface area contributed by atoms with Gasteiger partial charge >= 0.3 is 63.0 Å². The number of carboxylic acids is 2. The molecule has 0 aliphatic carbocycles. The van der Waals surface area contributed by atoms with Gasteiger partial charge in [-0.2, -0.15) is 0 Å². The number of rotatable bonds is 3. The van der Waals surface area contributed by atoms with Gasteiger partial charge in [-0.15, -0.1) is 0 Å². The first-order valence-corrected chi connectivity index (χ1v) is 6.77. The number of hydrogen-bond acceptors (Lipinski definition) is 5. The van der Waals surface area contributed by atoms with Gasteiger partial charge in [-0.3, -0.25) is 4.79 Å². The van der Waals surface area contributed by atoms with Crippen LogP contribution in [0.5, 0.6) is 0 Å². The molecule has 2 aromatic rings. The topological polar surface area (TPSA) is 132 Å². The van der Waals surface area contributed by atoms with Crippen molar-refractivity contribution in [1.29, 1.82) is 0 Å². The molecule has 0 radical (unpaired) electrons. The monoisotopic (exact) mass is 416 g/mol. The first-order chi connectivity index (χ1) is 10.6. The average Bonchev–Trinajstić information content (AvgIpc) is 2.42. The molecular formula is C12H4Cl3KN2O6. The zero-order chi connectivity index (χ0) is 17.5. The molecule has 12 heteroatoms. The van der Waals surface area contributed by atoms with E-state index in [1.54, 1.807) is 4.98 Å². The second kappa shape index (κ2) is 8.15. The van der Waals surface area contributed by atoms with Crippen molar-refractivity contribution < 1.29 is 71.2 Å². The van der Waals surface area contributed by atoms with E-state index in [-0.39, 0.29) is 72.1 Å². The molecule has 0 saturated heterocycles. The quantitative estimate of drug-likeness (QED) is 0.421. The summed E-state index contributed by atoms with van der Waals surface area (Å²) in [7, 11) is 0. The molecule has 0 aliphatic rings. The van der Waals surface area contributed by atoms with E-state index in [0.717, 1.165) is 12.1 Å². The van der Waals surface area contributed by atoms with Crippen LogP contribution < -0.4 is 67.7 Å². The smallest absolute Gasteiger partial charge is 0.543 e. The molecule has 0 unspecified atom stereocenters. The predicted octanol–water partition coefficient (Wildman–Crippen LogP) is -2.45. The van der Waals surface area contributed by atoms with Gasteiger partial charge in [0.05, 0.1) is 32.4 Å². The number of aromatic amines is 1. The molecule has 0 fully saturated rings. The van der Waals surface area contributed by atoms with E-state index in [9.17, 15) is 24.3 Å². The van der Waals surface area contributed by atoms with Crippen LogP contribution in [0.2, 0.25) is 15.1 Å². The average molecular weight is 418 g/mol. The number of aromatic nitrogens is 2. The van der Waals surface area contributed by atoms with Crippen molar-refractivity contribution in [3.63, 3.8) is 0 Å². The Hall–Kier alpha value is -0.654.